The number of hydrogen-bond acceptors (Lipinski definition) is 5. The molecule has 0 bridgehead atoms. The van der Waals surface area contributed by atoms with Crippen molar-refractivity contribution in [3.63, 3.8) is 0 Å². The lowest BCUT2D eigenvalue weighted by atomic mass is 10.1. The van der Waals surface area contributed by atoms with E-state index in [0.29, 0.717) is 26.4 Å². The number of thiocarbonyl (C=S) groups is 1. The first-order chi connectivity index (χ1) is 9.39. The minimum Gasteiger partial charge on any atom is -0.393 e. The Bertz CT molecular complexity index is 267. The second kappa shape index (κ2) is 11.2. The van der Waals surface area contributed by atoms with E-state index in [1.54, 1.807) is 7.11 Å². The van der Waals surface area contributed by atoms with Gasteiger partial charge in [0.15, 0.2) is 0 Å². The first-order valence-corrected chi connectivity index (χ1v) is 6.38. The van der Waals surface area contributed by atoms with E-state index in [2.05, 4.69) is 12.2 Å². The smallest absolute Gasteiger partial charge is 0.393 e. The maximum absolute atomic E-state index is 12.4. The van der Waals surface area contributed by atoms with Gasteiger partial charge in [0.25, 0.3) is 0 Å². The Kier molecular flexibility index (Phi) is 10.9. The number of rotatable bonds is 12. The molecule has 0 amide bonds. The minimum absolute atomic E-state index is 0.0350. The topological polar surface area (TPSA) is 62.9 Å². The van der Waals surface area contributed by atoms with Crippen LogP contribution in [0.4, 0.5) is 13.2 Å². The monoisotopic (exact) mass is 319 g/mol. The van der Waals surface area contributed by atoms with Crippen molar-refractivity contribution in [1.29, 1.82) is 0 Å². The molecule has 0 aliphatic heterocycles. The van der Waals surface area contributed by atoms with Crippen LogP contribution in [0.3, 0.4) is 0 Å². The Morgan fingerprint density at radius 1 is 1.00 bits per heavy atom. The largest absolute Gasteiger partial charge is 0.400 e. The summed E-state index contributed by atoms with van der Waals surface area (Å²) in [7, 11) is 1.57. The second-order valence-corrected chi connectivity index (χ2v) is 4.26. The molecule has 0 fully saturated rings. The number of nitrogens with two attached hydrogens (primary N) is 1. The lowest BCUT2D eigenvalue weighted by Crippen LogP contribution is -2.38. The molecular weight excluding hydrogens is 299 g/mol. The highest BCUT2D eigenvalue weighted by Crippen LogP contribution is 2.26. The van der Waals surface area contributed by atoms with Crippen molar-refractivity contribution in [2.75, 3.05) is 53.4 Å². The molecule has 0 aromatic rings. The molecule has 0 aliphatic carbocycles. The van der Waals surface area contributed by atoms with E-state index < -0.39 is 23.7 Å². The number of alkyl halides is 3. The summed E-state index contributed by atoms with van der Waals surface area (Å²) >= 11 is 4.35. The van der Waals surface area contributed by atoms with E-state index in [-0.39, 0.29) is 13.2 Å². The van der Waals surface area contributed by atoms with Gasteiger partial charge in [0.2, 0.25) is 0 Å². The van der Waals surface area contributed by atoms with Crippen LogP contribution < -0.4 is 5.73 Å². The maximum Gasteiger partial charge on any atom is 0.400 e. The Morgan fingerprint density at radius 3 is 1.85 bits per heavy atom. The molecule has 120 valence electrons. The summed E-state index contributed by atoms with van der Waals surface area (Å²) in [5.74, 6) is -1.92. The molecule has 0 heterocycles. The molecule has 0 rings (SSSR count). The number of methoxy groups -OCH3 is 1. The van der Waals surface area contributed by atoms with Crippen molar-refractivity contribution in [1.82, 2.24) is 0 Å². The zero-order valence-electron chi connectivity index (χ0n) is 11.3. The third-order valence-electron chi connectivity index (χ3n) is 2.20. The van der Waals surface area contributed by atoms with Crippen molar-refractivity contribution < 1.29 is 32.1 Å². The molecule has 0 radical (unpaired) electrons. The molecule has 0 spiro atoms. The third-order valence-corrected chi connectivity index (χ3v) is 2.48. The van der Waals surface area contributed by atoms with Crippen LogP contribution in [0.15, 0.2) is 0 Å². The van der Waals surface area contributed by atoms with Crippen molar-refractivity contribution in [2.24, 2.45) is 11.7 Å². The summed E-state index contributed by atoms with van der Waals surface area (Å²) < 4.78 is 57.2. The van der Waals surface area contributed by atoms with Gasteiger partial charge < -0.3 is 24.7 Å². The summed E-state index contributed by atoms with van der Waals surface area (Å²) in [6.07, 6.45) is -4.48. The predicted octanol–water partition coefficient (Wildman–Crippen LogP) is 1.15. The van der Waals surface area contributed by atoms with E-state index in [9.17, 15) is 13.2 Å². The molecule has 1 unspecified atom stereocenters. The van der Waals surface area contributed by atoms with E-state index in [1.807, 2.05) is 0 Å². The fourth-order valence-corrected chi connectivity index (χ4v) is 1.32. The lowest BCUT2D eigenvalue weighted by molar-refractivity contribution is -0.168. The molecule has 0 saturated carbocycles. The van der Waals surface area contributed by atoms with E-state index in [0.717, 1.165) is 0 Å². The quantitative estimate of drug-likeness (QED) is 0.430. The molecule has 0 saturated heterocycles. The molecule has 0 aromatic heterocycles. The molecule has 9 heteroatoms. The molecular formula is C11H20F3NO4S. The molecule has 1 atom stereocenters. The average Bonchev–Trinajstić information content (AvgIpc) is 2.34. The Hall–Kier alpha value is -0.480. The fourth-order valence-electron chi connectivity index (χ4n) is 1.12. The van der Waals surface area contributed by atoms with Gasteiger partial charge in [-0.1, -0.05) is 12.2 Å². The van der Waals surface area contributed by atoms with E-state index >= 15 is 0 Å². The van der Waals surface area contributed by atoms with Crippen molar-refractivity contribution in [2.45, 2.75) is 6.18 Å². The zero-order valence-corrected chi connectivity index (χ0v) is 12.1. The van der Waals surface area contributed by atoms with Crippen LogP contribution in [-0.2, 0) is 18.9 Å². The van der Waals surface area contributed by atoms with Crippen LogP contribution in [0.5, 0.6) is 0 Å². The Labute approximate surface area is 121 Å². The number of halogens is 3. The molecule has 2 N–H and O–H groups in total. The third kappa shape index (κ3) is 10.3. The van der Waals surface area contributed by atoms with Gasteiger partial charge in [-0.15, -0.1) is 0 Å². The van der Waals surface area contributed by atoms with Crippen LogP contribution in [0.2, 0.25) is 0 Å². The lowest BCUT2D eigenvalue weighted by Gasteiger charge is -2.18. The van der Waals surface area contributed by atoms with Crippen LogP contribution in [-0.4, -0.2) is 64.5 Å². The van der Waals surface area contributed by atoms with Gasteiger partial charge >= 0.3 is 6.18 Å². The molecule has 0 aromatic carbocycles. The van der Waals surface area contributed by atoms with Crippen molar-refractivity contribution in [3.8, 4) is 0 Å². The summed E-state index contributed by atoms with van der Waals surface area (Å²) in [6, 6.07) is 0. The Morgan fingerprint density at radius 2 is 1.45 bits per heavy atom. The first-order valence-electron chi connectivity index (χ1n) is 5.97. The van der Waals surface area contributed by atoms with E-state index in [4.69, 9.17) is 24.7 Å². The zero-order chi connectivity index (χ0) is 15.4. The van der Waals surface area contributed by atoms with Gasteiger partial charge in [-0.25, -0.2) is 0 Å². The van der Waals surface area contributed by atoms with Crippen molar-refractivity contribution >= 4 is 17.2 Å². The average molecular weight is 319 g/mol. The highest BCUT2D eigenvalue weighted by Gasteiger charge is 2.41. The fraction of sp³-hybridized carbons (Fsp3) is 0.909. The highest BCUT2D eigenvalue weighted by molar-refractivity contribution is 7.80. The summed E-state index contributed by atoms with van der Waals surface area (Å²) in [6.45, 7) is 1.32. The highest BCUT2D eigenvalue weighted by atomic mass is 32.1. The second-order valence-electron chi connectivity index (χ2n) is 3.79. The normalized spacial score (nSPS) is 13.4. The summed E-state index contributed by atoms with van der Waals surface area (Å²) in [4.78, 5) is -0.620. The molecule has 20 heavy (non-hydrogen) atoms. The van der Waals surface area contributed by atoms with Gasteiger partial charge in [-0.05, 0) is 0 Å². The summed E-state index contributed by atoms with van der Waals surface area (Å²) in [5.41, 5.74) is 5.02. The van der Waals surface area contributed by atoms with Crippen LogP contribution in [0, 0.1) is 5.92 Å². The van der Waals surface area contributed by atoms with Gasteiger partial charge in [-0.3, -0.25) is 0 Å². The SMILES string of the molecule is COCCOCCOCCOCC(C(N)=S)C(F)(F)F. The number of ether oxygens (including phenoxy) is 4. The van der Waals surface area contributed by atoms with Crippen LogP contribution >= 0.6 is 12.2 Å². The number of hydrogen-bond donors (Lipinski definition) is 1. The first kappa shape index (κ1) is 19.5. The summed E-state index contributed by atoms with van der Waals surface area (Å²) in [5, 5.41) is 0. The van der Waals surface area contributed by atoms with Crippen LogP contribution in [0.25, 0.3) is 0 Å². The molecule has 0 aliphatic rings. The predicted molar refractivity (Wildman–Crippen MR) is 70.7 cm³/mol. The molecule has 5 nitrogen and oxygen atoms in total. The van der Waals surface area contributed by atoms with Crippen molar-refractivity contribution in [3.05, 3.63) is 0 Å². The van der Waals surface area contributed by atoms with Gasteiger partial charge in [0, 0.05) is 7.11 Å². The van der Waals surface area contributed by atoms with Gasteiger partial charge in [-0.2, -0.15) is 13.2 Å². The van der Waals surface area contributed by atoms with Gasteiger partial charge in [0.1, 0.15) is 5.92 Å². The maximum atomic E-state index is 12.4. The standard InChI is InChI=1S/C11H20F3NO4S/c1-16-2-3-17-4-5-18-6-7-19-8-9(10(15)20)11(12,13)14/h9H,2-8H2,1H3,(H2,15,20). The Balaban J connectivity index is 3.49. The van der Waals surface area contributed by atoms with Gasteiger partial charge in [0.05, 0.1) is 51.2 Å². The minimum atomic E-state index is -4.48. The van der Waals surface area contributed by atoms with Crippen LogP contribution in [0.1, 0.15) is 0 Å². The van der Waals surface area contributed by atoms with E-state index in [1.165, 1.54) is 0 Å².